The number of nitrogens with zero attached hydrogens (tertiary/aromatic N) is 2. The maximum Gasteiger partial charge on any atom is 0.193 e. The van der Waals surface area contributed by atoms with Crippen LogP contribution in [-0.2, 0) is 9.47 Å². The van der Waals surface area contributed by atoms with Crippen LogP contribution in [0.2, 0.25) is 0 Å². The van der Waals surface area contributed by atoms with E-state index in [-0.39, 0.29) is 5.41 Å². The Morgan fingerprint density at radius 1 is 1.20 bits per heavy atom. The van der Waals surface area contributed by atoms with Gasteiger partial charge in [-0.1, -0.05) is 20.8 Å². The van der Waals surface area contributed by atoms with E-state index < -0.39 is 0 Å². The van der Waals surface area contributed by atoms with Crippen LogP contribution in [0.1, 0.15) is 52.9 Å². The van der Waals surface area contributed by atoms with Crippen molar-refractivity contribution in [1.29, 1.82) is 0 Å². The Labute approximate surface area is 153 Å². The average molecular weight is 352 g/mol. The fraction of sp³-hybridized carbons (Fsp3) is 0.950. The Morgan fingerprint density at radius 3 is 2.64 bits per heavy atom. The van der Waals surface area contributed by atoms with Gasteiger partial charge in [0.25, 0.3) is 0 Å². The van der Waals surface area contributed by atoms with Gasteiger partial charge >= 0.3 is 0 Å². The second kappa shape index (κ2) is 7.83. The second-order valence-corrected chi connectivity index (χ2v) is 9.27. The van der Waals surface area contributed by atoms with Gasteiger partial charge in [0, 0.05) is 52.4 Å². The van der Waals surface area contributed by atoms with E-state index in [1.54, 1.807) is 0 Å². The van der Waals surface area contributed by atoms with Crippen molar-refractivity contribution in [1.82, 2.24) is 10.2 Å². The summed E-state index contributed by atoms with van der Waals surface area (Å²) >= 11 is 0. The van der Waals surface area contributed by atoms with Gasteiger partial charge in [-0.05, 0) is 42.9 Å². The van der Waals surface area contributed by atoms with Gasteiger partial charge in [-0.3, -0.25) is 4.99 Å². The molecule has 0 radical (unpaired) electrons. The normalized spacial score (nSPS) is 30.7. The van der Waals surface area contributed by atoms with Crippen molar-refractivity contribution >= 4 is 5.96 Å². The molecule has 3 aliphatic rings. The van der Waals surface area contributed by atoms with Gasteiger partial charge in [0.15, 0.2) is 5.96 Å². The largest absolute Gasteiger partial charge is 0.381 e. The molecule has 3 heterocycles. The predicted octanol–water partition coefficient (Wildman–Crippen LogP) is 2.91. The summed E-state index contributed by atoms with van der Waals surface area (Å²) in [6.07, 6.45) is 6.41. The molecular formula is C20H37N3O2. The zero-order chi connectivity index (χ0) is 17.9. The third kappa shape index (κ3) is 4.48. The van der Waals surface area contributed by atoms with Crippen LogP contribution in [0, 0.1) is 16.7 Å². The number of nitrogens with one attached hydrogen (secondary N) is 1. The minimum atomic E-state index is 0.191. The number of aliphatic imine (C=N–C) groups is 1. The van der Waals surface area contributed by atoms with Crippen LogP contribution in [0.25, 0.3) is 0 Å². The lowest BCUT2D eigenvalue weighted by Crippen LogP contribution is -2.48. The lowest BCUT2D eigenvalue weighted by Gasteiger charge is -2.40. The molecule has 1 N–H and O–H groups in total. The zero-order valence-corrected chi connectivity index (χ0v) is 16.6. The lowest BCUT2D eigenvalue weighted by atomic mass is 9.78. The summed E-state index contributed by atoms with van der Waals surface area (Å²) in [7, 11) is 1.91. The van der Waals surface area contributed by atoms with E-state index in [4.69, 9.17) is 9.47 Å². The Hall–Kier alpha value is -0.810. The first-order chi connectivity index (χ1) is 11.9. The molecule has 0 aromatic heterocycles. The van der Waals surface area contributed by atoms with E-state index in [1.165, 1.54) is 32.1 Å². The number of rotatable bonds is 2. The third-order valence-corrected chi connectivity index (χ3v) is 6.32. The van der Waals surface area contributed by atoms with E-state index in [0.29, 0.717) is 17.4 Å². The van der Waals surface area contributed by atoms with Gasteiger partial charge in [0.05, 0.1) is 6.10 Å². The van der Waals surface area contributed by atoms with E-state index in [0.717, 1.165) is 45.4 Å². The first-order valence-electron chi connectivity index (χ1n) is 10.1. The molecule has 0 amide bonds. The highest BCUT2D eigenvalue weighted by atomic mass is 16.5. The van der Waals surface area contributed by atoms with Crippen molar-refractivity contribution in [2.24, 2.45) is 21.7 Å². The van der Waals surface area contributed by atoms with Crippen LogP contribution in [-0.4, -0.2) is 63.5 Å². The monoisotopic (exact) mass is 351 g/mol. The highest BCUT2D eigenvalue weighted by molar-refractivity contribution is 5.80. The highest BCUT2D eigenvalue weighted by Gasteiger charge is 2.41. The third-order valence-electron chi connectivity index (χ3n) is 6.32. The molecule has 0 aromatic rings. The van der Waals surface area contributed by atoms with Crippen LogP contribution in [0.5, 0.6) is 0 Å². The topological polar surface area (TPSA) is 46.1 Å². The molecule has 3 saturated heterocycles. The molecule has 0 saturated carbocycles. The van der Waals surface area contributed by atoms with Crippen LogP contribution < -0.4 is 5.32 Å². The Morgan fingerprint density at radius 2 is 1.96 bits per heavy atom. The van der Waals surface area contributed by atoms with Gasteiger partial charge in [-0.25, -0.2) is 0 Å². The summed E-state index contributed by atoms with van der Waals surface area (Å²) in [6.45, 7) is 12.8. The average Bonchev–Trinajstić information content (AvgIpc) is 2.99. The van der Waals surface area contributed by atoms with Crippen molar-refractivity contribution in [3.63, 3.8) is 0 Å². The van der Waals surface area contributed by atoms with Gasteiger partial charge in [-0.15, -0.1) is 0 Å². The summed E-state index contributed by atoms with van der Waals surface area (Å²) < 4.78 is 11.7. The molecule has 0 aliphatic carbocycles. The molecule has 3 rings (SSSR count). The predicted molar refractivity (Wildman–Crippen MR) is 102 cm³/mol. The molecular weight excluding hydrogens is 314 g/mol. The molecule has 25 heavy (non-hydrogen) atoms. The van der Waals surface area contributed by atoms with Crippen molar-refractivity contribution in [2.45, 2.75) is 59.0 Å². The van der Waals surface area contributed by atoms with Crippen LogP contribution in [0.4, 0.5) is 0 Å². The summed E-state index contributed by atoms with van der Waals surface area (Å²) in [5.74, 6) is 1.63. The van der Waals surface area contributed by atoms with Gasteiger partial charge < -0.3 is 19.7 Å². The summed E-state index contributed by atoms with van der Waals surface area (Å²) in [5, 5.41) is 3.67. The minimum absolute atomic E-state index is 0.191. The van der Waals surface area contributed by atoms with E-state index >= 15 is 0 Å². The number of ether oxygens (including phenoxy) is 2. The SMILES string of the molecule is CN=C(NCC1CCCOC1C(C)(C)C)N1CCC2(CCOCC2)C1. The maximum absolute atomic E-state index is 6.13. The maximum atomic E-state index is 6.13. The van der Waals surface area contributed by atoms with E-state index in [2.05, 4.69) is 36.0 Å². The number of hydrogen-bond donors (Lipinski definition) is 1. The van der Waals surface area contributed by atoms with Gasteiger partial charge in [-0.2, -0.15) is 0 Å². The molecule has 1 spiro atoms. The van der Waals surface area contributed by atoms with Gasteiger partial charge in [0.1, 0.15) is 0 Å². The number of guanidine groups is 1. The molecule has 144 valence electrons. The van der Waals surface area contributed by atoms with Crippen LogP contribution in [0.3, 0.4) is 0 Å². The Kier molecular flexibility index (Phi) is 5.94. The molecule has 5 heteroatoms. The molecule has 3 fully saturated rings. The lowest BCUT2D eigenvalue weighted by molar-refractivity contribution is -0.0836. The molecule has 3 aliphatic heterocycles. The standard InChI is InChI=1S/C20H37N3O2/c1-19(2,3)17-16(6-5-11-25-17)14-22-18(21-4)23-10-7-20(15-23)8-12-24-13-9-20/h16-17H,5-15H2,1-4H3,(H,21,22). The van der Waals surface area contributed by atoms with Gasteiger partial charge in [0.2, 0.25) is 0 Å². The van der Waals surface area contributed by atoms with Crippen LogP contribution >= 0.6 is 0 Å². The van der Waals surface area contributed by atoms with E-state index in [1.807, 2.05) is 7.05 Å². The van der Waals surface area contributed by atoms with E-state index in [9.17, 15) is 0 Å². The fourth-order valence-electron chi connectivity index (χ4n) is 4.89. The smallest absolute Gasteiger partial charge is 0.193 e. The first-order valence-corrected chi connectivity index (χ1v) is 10.1. The summed E-state index contributed by atoms with van der Waals surface area (Å²) in [4.78, 5) is 7.04. The first kappa shape index (κ1) is 19.0. The van der Waals surface area contributed by atoms with Crippen molar-refractivity contribution < 1.29 is 9.47 Å². The molecule has 0 bridgehead atoms. The molecule has 2 atom stereocenters. The molecule has 5 nitrogen and oxygen atoms in total. The van der Waals surface area contributed by atoms with Crippen molar-refractivity contribution in [2.75, 3.05) is 46.5 Å². The summed E-state index contributed by atoms with van der Waals surface area (Å²) in [5.41, 5.74) is 0.647. The van der Waals surface area contributed by atoms with Crippen molar-refractivity contribution in [3.8, 4) is 0 Å². The minimum Gasteiger partial charge on any atom is -0.381 e. The number of hydrogen-bond acceptors (Lipinski definition) is 3. The Bertz CT molecular complexity index is 466. The molecule has 2 unspecified atom stereocenters. The second-order valence-electron chi connectivity index (χ2n) is 9.27. The summed E-state index contributed by atoms with van der Waals surface area (Å²) in [6, 6.07) is 0. The quantitative estimate of drug-likeness (QED) is 0.614. The van der Waals surface area contributed by atoms with Crippen LogP contribution in [0.15, 0.2) is 4.99 Å². The highest BCUT2D eigenvalue weighted by Crippen LogP contribution is 2.39. The molecule has 0 aromatic carbocycles. The number of likely N-dealkylation sites (tertiary alicyclic amines) is 1. The zero-order valence-electron chi connectivity index (χ0n) is 16.6. The van der Waals surface area contributed by atoms with Crippen molar-refractivity contribution in [3.05, 3.63) is 0 Å². The fourth-order valence-corrected chi connectivity index (χ4v) is 4.89. The Balaban J connectivity index is 1.56.